The molecule has 0 bridgehead atoms. The van der Waals surface area contributed by atoms with Crippen LogP contribution in [-0.2, 0) is 27.2 Å². The molecule has 15 heteroatoms. The average molecular weight is 588 g/mol. The Bertz CT molecular complexity index is 1390. The van der Waals surface area contributed by atoms with Crippen LogP contribution in [0.5, 0.6) is 0 Å². The third kappa shape index (κ3) is 5.64. The van der Waals surface area contributed by atoms with Gasteiger partial charge in [0.2, 0.25) is 11.8 Å². The van der Waals surface area contributed by atoms with Crippen molar-refractivity contribution in [2.45, 2.75) is 42.5 Å². The molecule has 1 spiro atoms. The third-order valence-corrected chi connectivity index (χ3v) is 8.70. The first-order valence-corrected chi connectivity index (χ1v) is 14.8. The van der Waals surface area contributed by atoms with Crippen LogP contribution < -0.4 is 27.0 Å². The number of hydrogen-bond acceptors (Lipinski definition) is 8. The molecule has 4 heterocycles. The van der Waals surface area contributed by atoms with E-state index in [9.17, 15) is 18.9 Å². The van der Waals surface area contributed by atoms with Crippen molar-refractivity contribution in [3.8, 4) is 0 Å². The molecule has 2 aromatic rings. The van der Waals surface area contributed by atoms with Crippen molar-refractivity contribution >= 4 is 63.8 Å². The number of benzene rings is 1. The van der Waals surface area contributed by atoms with Crippen molar-refractivity contribution in [3.05, 3.63) is 34.6 Å². The monoisotopic (exact) mass is 587 g/mol. The van der Waals surface area contributed by atoms with Crippen LogP contribution in [-0.4, -0.2) is 81.1 Å². The normalized spacial score (nSPS) is 19.3. The first-order chi connectivity index (χ1) is 19.0. The highest BCUT2D eigenvalue weighted by Gasteiger charge is 2.41. The molecule has 13 nitrogen and oxygen atoms in total. The molecular weight excluding hydrogens is 558 g/mol. The Hall–Kier alpha value is -3.62. The quantitative estimate of drug-likeness (QED) is 0.357. The van der Waals surface area contributed by atoms with Crippen molar-refractivity contribution < 1.29 is 18.9 Å². The number of aromatic nitrogens is 2. The van der Waals surface area contributed by atoms with Gasteiger partial charge in [-0.25, -0.2) is 9.97 Å². The Morgan fingerprint density at radius 3 is 2.58 bits per heavy atom. The minimum atomic E-state index is -1.08. The van der Waals surface area contributed by atoms with Crippen molar-refractivity contribution in [3.63, 3.8) is 0 Å². The Labute approximate surface area is 238 Å². The van der Waals surface area contributed by atoms with E-state index in [2.05, 4.69) is 25.6 Å². The molecule has 1 aromatic carbocycles. The zero-order valence-corrected chi connectivity index (χ0v) is 23.5. The molecule has 3 aliphatic rings. The predicted molar refractivity (Wildman–Crippen MR) is 151 cm³/mol. The molecule has 6 N–H and O–H groups in total. The number of halogens is 1. The highest BCUT2D eigenvalue weighted by molar-refractivity contribution is 7.90. The summed E-state index contributed by atoms with van der Waals surface area (Å²) < 4.78 is 11.8. The van der Waals surface area contributed by atoms with Crippen LogP contribution in [0.25, 0.3) is 0 Å². The van der Waals surface area contributed by atoms with Gasteiger partial charge in [0.05, 0.1) is 5.54 Å². The second-order valence-electron chi connectivity index (χ2n) is 10.1. The number of nitrogens with zero attached hydrogens (tertiary/aromatic N) is 5. The Kier molecular flexibility index (Phi) is 7.75. The van der Waals surface area contributed by atoms with E-state index >= 15 is 0 Å². The maximum Gasteiger partial charge on any atom is 0.302 e. The Morgan fingerprint density at radius 2 is 1.85 bits per heavy atom. The molecule has 3 amide bonds. The van der Waals surface area contributed by atoms with E-state index in [0.29, 0.717) is 45.4 Å². The summed E-state index contributed by atoms with van der Waals surface area (Å²) in [5.41, 5.74) is 12.6. The zero-order chi connectivity index (χ0) is 28.6. The van der Waals surface area contributed by atoms with Crippen molar-refractivity contribution in [1.82, 2.24) is 25.5 Å². The summed E-state index contributed by atoms with van der Waals surface area (Å²) >= 11 is 4.79. The van der Waals surface area contributed by atoms with Gasteiger partial charge in [-0.2, -0.15) is 4.99 Å². The number of fused-ring (bicyclic) bond motifs is 1. The summed E-state index contributed by atoms with van der Waals surface area (Å²) in [5, 5.41) is 6.24. The fraction of sp³-hybridized carbons (Fsp3) is 0.440. The van der Waals surface area contributed by atoms with Gasteiger partial charge in [0.15, 0.2) is 33.3 Å². The number of rotatable bonds is 5. The van der Waals surface area contributed by atoms with Crippen molar-refractivity contribution in [2.75, 3.05) is 48.8 Å². The number of nitrogens with two attached hydrogens (primary N) is 2. The first kappa shape index (κ1) is 27.9. The number of aliphatic imine (C=N–C) groups is 1. The van der Waals surface area contributed by atoms with Crippen LogP contribution in [0, 0.1) is 0 Å². The lowest BCUT2D eigenvalue weighted by molar-refractivity contribution is -0.134. The molecule has 2 fully saturated rings. The molecule has 1 atom stereocenters. The zero-order valence-electron chi connectivity index (χ0n) is 21.9. The number of nitrogen functional groups attached to an aromatic ring is 2. The highest BCUT2D eigenvalue weighted by atomic mass is 35.5. The number of carbonyl (C=O) groups is 3. The number of hydrogen-bond donors (Lipinski definition) is 4. The van der Waals surface area contributed by atoms with E-state index in [-0.39, 0.29) is 58.6 Å². The van der Waals surface area contributed by atoms with Gasteiger partial charge in [-0.3, -0.25) is 14.4 Å². The van der Waals surface area contributed by atoms with Gasteiger partial charge in [-0.05, 0) is 54.2 Å². The maximum atomic E-state index is 12.9. The van der Waals surface area contributed by atoms with Gasteiger partial charge in [0, 0.05) is 44.7 Å². The van der Waals surface area contributed by atoms with Gasteiger partial charge in [-0.1, -0.05) is 11.6 Å². The van der Waals surface area contributed by atoms with Gasteiger partial charge in [0.1, 0.15) is 6.26 Å². The summed E-state index contributed by atoms with van der Waals surface area (Å²) in [6.07, 6.45) is 3.88. The van der Waals surface area contributed by atoms with E-state index in [4.69, 9.17) is 23.1 Å². The van der Waals surface area contributed by atoms with Crippen molar-refractivity contribution in [2.24, 2.45) is 4.99 Å². The number of anilines is 3. The van der Waals surface area contributed by atoms with Gasteiger partial charge in [0.25, 0.3) is 0 Å². The SMILES string of the molecule is C[S+]([O-])c1ccc2c(c1)CCN2C(=O)CCC(=O)N1CCC2(CC1)CN/C(=N\C(=O)c1nc(Cl)c(N)nc1N)N2. The van der Waals surface area contributed by atoms with Crippen LogP contribution in [0.4, 0.5) is 17.3 Å². The van der Waals surface area contributed by atoms with Gasteiger partial charge in [-0.15, -0.1) is 0 Å². The fourth-order valence-corrected chi connectivity index (χ4v) is 5.92. The number of amides is 3. The van der Waals surface area contributed by atoms with Crippen LogP contribution >= 0.6 is 11.6 Å². The van der Waals surface area contributed by atoms with Crippen molar-refractivity contribution in [1.29, 1.82) is 0 Å². The number of nitrogens with one attached hydrogen (secondary N) is 2. The van der Waals surface area contributed by atoms with Gasteiger partial charge >= 0.3 is 5.91 Å². The number of likely N-dealkylation sites (tertiary alicyclic amines) is 1. The molecule has 212 valence electrons. The van der Waals surface area contributed by atoms with E-state index < -0.39 is 17.1 Å². The molecular formula is C25H30ClN9O4S. The van der Waals surface area contributed by atoms with Crippen LogP contribution in [0.1, 0.15) is 41.7 Å². The Morgan fingerprint density at radius 1 is 1.12 bits per heavy atom. The van der Waals surface area contributed by atoms with E-state index in [0.717, 1.165) is 16.1 Å². The summed E-state index contributed by atoms with van der Waals surface area (Å²) in [5.74, 6) is -0.817. The molecule has 5 rings (SSSR count). The number of guanidine groups is 1. The minimum absolute atomic E-state index is 0.0661. The first-order valence-electron chi connectivity index (χ1n) is 12.8. The second kappa shape index (κ2) is 11.1. The maximum absolute atomic E-state index is 12.9. The third-order valence-electron chi connectivity index (χ3n) is 7.50. The topological polar surface area (TPSA) is 195 Å². The molecule has 0 radical (unpaired) electrons. The Balaban J connectivity index is 1.11. The lowest BCUT2D eigenvalue weighted by Crippen LogP contribution is -2.53. The highest BCUT2D eigenvalue weighted by Crippen LogP contribution is 2.31. The summed E-state index contributed by atoms with van der Waals surface area (Å²) in [4.78, 5) is 54.3. The number of piperidine rings is 1. The van der Waals surface area contributed by atoms with Gasteiger partial charge < -0.3 is 36.5 Å². The lowest BCUT2D eigenvalue weighted by Gasteiger charge is -2.38. The molecule has 1 aromatic heterocycles. The van der Waals surface area contributed by atoms with E-state index in [1.165, 1.54) is 0 Å². The van der Waals surface area contributed by atoms with Crippen LogP contribution in [0.3, 0.4) is 0 Å². The summed E-state index contributed by atoms with van der Waals surface area (Å²) in [6, 6.07) is 5.51. The molecule has 0 aliphatic carbocycles. The van der Waals surface area contributed by atoms with E-state index in [1.54, 1.807) is 22.1 Å². The molecule has 2 saturated heterocycles. The lowest BCUT2D eigenvalue weighted by atomic mass is 9.88. The standard InChI is InChI=1S/C25H30ClN9O4S/c1-40(39)15-2-3-16-14(12-15)6-9-35(16)18(37)5-4-17(36)34-10-7-25(8-11-34)13-29-24(33-25)32-23(38)19-21(27)31-22(28)20(26)30-19/h2-3,12H,4-11,13H2,1H3,(H4,27,28,31)(H2,29,32,33,38). The smallest absolute Gasteiger partial charge is 0.302 e. The number of carbonyl (C=O) groups excluding carboxylic acids is 3. The van der Waals surface area contributed by atoms with Crippen LogP contribution in [0.2, 0.25) is 5.15 Å². The summed E-state index contributed by atoms with van der Waals surface area (Å²) in [6.45, 7) is 2.12. The fourth-order valence-electron chi connectivity index (χ4n) is 5.22. The molecule has 0 saturated carbocycles. The largest absolute Gasteiger partial charge is 0.612 e. The molecule has 1 unspecified atom stereocenters. The molecule has 3 aliphatic heterocycles. The minimum Gasteiger partial charge on any atom is -0.612 e. The second-order valence-corrected chi connectivity index (χ2v) is 11.8. The van der Waals surface area contributed by atoms with Crippen LogP contribution in [0.15, 0.2) is 28.1 Å². The predicted octanol–water partition coefficient (Wildman–Crippen LogP) is 0.452. The molecule has 40 heavy (non-hydrogen) atoms. The summed E-state index contributed by atoms with van der Waals surface area (Å²) in [7, 11) is 0. The average Bonchev–Trinajstić information content (AvgIpc) is 3.53. The van der Waals surface area contributed by atoms with E-state index in [1.807, 2.05) is 12.1 Å².